The molecule has 26 heavy (non-hydrogen) atoms. The number of fused-ring (bicyclic) bond motifs is 1. The van der Waals surface area contributed by atoms with E-state index in [1.165, 1.54) is 0 Å². The van der Waals surface area contributed by atoms with Gasteiger partial charge in [-0.15, -0.1) is 0 Å². The maximum absolute atomic E-state index is 9.93. The van der Waals surface area contributed by atoms with Crippen LogP contribution in [0, 0.1) is 6.92 Å². The number of aliphatic imine (C=N–C) groups is 1. The average Bonchev–Trinajstić information content (AvgIpc) is 3.09. The van der Waals surface area contributed by atoms with E-state index in [1.807, 2.05) is 48.7 Å². The van der Waals surface area contributed by atoms with E-state index in [2.05, 4.69) is 38.3 Å². The number of benzene rings is 2. The van der Waals surface area contributed by atoms with Crippen molar-refractivity contribution >= 4 is 33.5 Å². The molecule has 4 nitrogen and oxygen atoms in total. The van der Waals surface area contributed by atoms with E-state index in [1.54, 1.807) is 18.3 Å². The van der Waals surface area contributed by atoms with E-state index < -0.39 is 0 Å². The smallest absolute Gasteiger partial charge is 0.137 e. The third kappa shape index (κ3) is 3.26. The van der Waals surface area contributed by atoms with Gasteiger partial charge in [0.1, 0.15) is 11.4 Å². The fraction of sp³-hybridized carbons (Fsp3) is 0.0476. The first kappa shape index (κ1) is 16.5. The molecule has 0 saturated heterocycles. The second kappa shape index (κ2) is 6.77. The molecule has 5 heteroatoms. The predicted molar refractivity (Wildman–Crippen MR) is 108 cm³/mol. The lowest BCUT2D eigenvalue weighted by molar-refractivity contribution is 0.474. The topological polar surface area (TPSA) is 49.9 Å². The predicted octanol–water partition coefficient (Wildman–Crippen LogP) is 5.53. The summed E-state index contributed by atoms with van der Waals surface area (Å²) < 4.78 is 2.97. The standard InChI is InChI=1S/C21H16BrN3O/c1-14-4-2-7-21-24-19(13-25(14)21)15-5-3-6-18(11-15)23-12-16-10-17(22)8-9-20(16)26/h2-13,26H,1H3. The second-order valence-electron chi connectivity index (χ2n) is 6.03. The van der Waals surface area contributed by atoms with Crippen molar-refractivity contribution < 1.29 is 5.11 Å². The zero-order chi connectivity index (χ0) is 18.1. The Morgan fingerprint density at radius 2 is 1.92 bits per heavy atom. The van der Waals surface area contributed by atoms with E-state index in [4.69, 9.17) is 4.98 Å². The number of halogens is 1. The lowest BCUT2D eigenvalue weighted by atomic mass is 10.1. The van der Waals surface area contributed by atoms with Crippen LogP contribution in [0.5, 0.6) is 5.75 Å². The summed E-state index contributed by atoms with van der Waals surface area (Å²) >= 11 is 3.40. The number of rotatable bonds is 3. The first-order valence-electron chi connectivity index (χ1n) is 8.18. The molecule has 4 aromatic rings. The van der Waals surface area contributed by atoms with Gasteiger partial charge in [0.15, 0.2) is 0 Å². The number of aromatic hydroxyl groups is 1. The van der Waals surface area contributed by atoms with E-state index in [0.717, 1.165) is 32.8 Å². The van der Waals surface area contributed by atoms with E-state index >= 15 is 0 Å². The van der Waals surface area contributed by atoms with Crippen LogP contribution >= 0.6 is 15.9 Å². The number of phenols is 1. The van der Waals surface area contributed by atoms with Crippen molar-refractivity contribution in [2.24, 2.45) is 4.99 Å². The summed E-state index contributed by atoms with van der Waals surface area (Å²) in [5, 5.41) is 9.93. The largest absolute Gasteiger partial charge is 0.507 e. The summed E-state index contributed by atoms with van der Waals surface area (Å²) in [5.41, 5.74) is 5.43. The monoisotopic (exact) mass is 405 g/mol. The zero-order valence-electron chi connectivity index (χ0n) is 14.1. The Labute approximate surface area is 159 Å². The van der Waals surface area contributed by atoms with Gasteiger partial charge in [0.2, 0.25) is 0 Å². The summed E-state index contributed by atoms with van der Waals surface area (Å²) in [6.45, 7) is 2.06. The van der Waals surface area contributed by atoms with Gasteiger partial charge in [-0.25, -0.2) is 4.98 Å². The lowest BCUT2D eigenvalue weighted by Crippen LogP contribution is -1.86. The highest BCUT2D eigenvalue weighted by molar-refractivity contribution is 9.10. The van der Waals surface area contributed by atoms with Crippen molar-refractivity contribution in [3.63, 3.8) is 0 Å². The highest BCUT2D eigenvalue weighted by atomic mass is 79.9. The Morgan fingerprint density at radius 1 is 1.08 bits per heavy atom. The summed E-state index contributed by atoms with van der Waals surface area (Å²) in [6.07, 6.45) is 3.70. The average molecular weight is 406 g/mol. The third-order valence-corrected chi connectivity index (χ3v) is 4.67. The normalized spacial score (nSPS) is 11.5. The molecule has 0 fully saturated rings. The molecular formula is C21H16BrN3O. The molecule has 0 radical (unpaired) electrons. The van der Waals surface area contributed by atoms with Crippen molar-refractivity contribution in [3.05, 3.63) is 82.6 Å². The van der Waals surface area contributed by atoms with Crippen LogP contribution in [0.3, 0.4) is 0 Å². The van der Waals surface area contributed by atoms with Crippen LogP contribution in [-0.2, 0) is 0 Å². The van der Waals surface area contributed by atoms with Crippen molar-refractivity contribution in [2.45, 2.75) is 6.92 Å². The van der Waals surface area contributed by atoms with Crippen LogP contribution < -0.4 is 0 Å². The molecular weight excluding hydrogens is 390 g/mol. The quantitative estimate of drug-likeness (QED) is 0.455. The fourth-order valence-corrected chi connectivity index (χ4v) is 3.18. The van der Waals surface area contributed by atoms with E-state index in [0.29, 0.717) is 5.56 Å². The van der Waals surface area contributed by atoms with Gasteiger partial charge >= 0.3 is 0 Å². The minimum atomic E-state index is 0.198. The number of aromatic nitrogens is 2. The van der Waals surface area contributed by atoms with Gasteiger partial charge in [-0.3, -0.25) is 4.99 Å². The summed E-state index contributed by atoms with van der Waals surface area (Å²) in [6, 6.07) is 19.2. The Kier molecular flexibility index (Phi) is 4.31. The molecule has 2 aromatic carbocycles. The Balaban J connectivity index is 1.69. The summed E-state index contributed by atoms with van der Waals surface area (Å²) in [4.78, 5) is 9.19. The van der Waals surface area contributed by atoms with Crippen LogP contribution in [0.4, 0.5) is 5.69 Å². The molecule has 0 unspecified atom stereocenters. The Bertz CT molecular complexity index is 1130. The zero-order valence-corrected chi connectivity index (χ0v) is 15.7. The van der Waals surface area contributed by atoms with Crippen molar-refractivity contribution in [2.75, 3.05) is 0 Å². The molecule has 0 saturated carbocycles. The van der Waals surface area contributed by atoms with Gasteiger partial charge in [-0.2, -0.15) is 0 Å². The molecule has 0 aliphatic rings. The number of nitrogens with zero attached hydrogens (tertiary/aromatic N) is 3. The minimum Gasteiger partial charge on any atom is -0.507 e. The molecule has 2 heterocycles. The summed E-state index contributed by atoms with van der Waals surface area (Å²) in [5.74, 6) is 0.198. The van der Waals surface area contributed by atoms with Crippen LogP contribution in [0.25, 0.3) is 16.9 Å². The van der Waals surface area contributed by atoms with Gasteiger partial charge < -0.3 is 9.51 Å². The molecule has 0 amide bonds. The van der Waals surface area contributed by atoms with Gasteiger partial charge in [0.05, 0.1) is 11.4 Å². The molecule has 0 spiro atoms. The Hall–Kier alpha value is -2.92. The third-order valence-electron chi connectivity index (χ3n) is 4.18. The van der Waals surface area contributed by atoms with Crippen molar-refractivity contribution in [1.29, 1.82) is 0 Å². The molecule has 1 N–H and O–H groups in total. The van der Waals surface area contributed by atoms with Gasteiger partial charge in [-0.05, 0) is 49.4 Å². The number of imidazole rings is 1. The lowest BCUT2D eigenvalue weighted by Gasteiger charge is -2.01. The van der Waals surface area contributed by atoms with Crippen LogP contribution in [0.2, 0.25) is 0 Å². The number of phenolic OH excluding ortho intramolecular Hbond substituents is 1. The number of hydrogen-bond acceptors (Lipinski definition) is 3. The molecule has 0 bridgehead atoms. The molecule has 0 aliphatic heterocycles. The Morgan fingerprint density at radius 3 is 2.77 bits per heavy atom. The van der Waals surface area contributed by atoms with Crippen LogP contribution in [0.15, 0.2) is 76.3 Å². The van der Waals surface area contributed by atoms with Gasteiger partial charge in [0.25, 0.3) is 0 Å². The minimum absolute atomic E-state index is 0.198. The van der Waals surface area contributed by atoms with E-state index in [9.17, 15) is 5.11 Å². The molecule has 128 valence electrons. The van der Waals surface area contributed by atoms with Crippen LogP contribution in [-0.4, -0.2) is 20.7 Å². The second-order valence-corrected chi connectivity index (χ2v) is 6.95. The van der Waals surface area contributed by atoms with Crippen molar-refractivity contribution in [1.82, 2.24) is 9.38 Å². The summed E-state index contributed by atoms with van der Waals surface area (Å²) in [7, 11) is 0. The van der Waals surface area contributed by atoms with Gasteiger partial charge in [-0.1, -0.05) is 34.1 Å². The first-order valence-corrected chi connectivity index (χ1v) is 8.97. The molecule has 0 aliphatic carbocycles. The first-order chi connectivity index (χ1) is 12.6. The highest BCUT2D eigenvalue weighted by Gasteiger charge is 2.06. The van der Waals surface area contributed by atoms with E-state index in [-0.39, 0.29) is 5.75 Å². The highest BCUT2D eigenvalue weighted by Crippen LogP contribution is 2.25. The maximum atomic E-state index is 9.93. The molecule has 2 aromatic heterocycles. The number of aryl methyl sites for hydroxylation is 1. The van der Waals surface area contributed by atoms with Crippen LogP contribution in [0.1, 0.15) is 11.3 Å². The molecule has 4 rings (SSSR count). The SMILES string of the molecule is Cc1cccc2nc(-c3cccc(N=Cc4cc(Br)ccc4O)c3)cn12. The fourth-order valence-electron chi connectivity index (χ4n) is 2.81. The number of hydrogen-bond donors (Lipinski definition) is 1. The van der Waals surface area contributed by atoms with Gasteiger partial charge in [0, 0.05) is 33.7 Å². The maximum Gasteiger partial charge on any atom is 0.137 e. The van der Waals surface area contributed by atoms with Crippen molar-refractivity contribution in [3.8, 4) is 17.0 Å². The number of pyridine rings is 1. The molecule has 0 atom stereocenters.